The predicted molar refractivity (Wildman–Crippen MR) is 99.8 cm³/mol. The highest BCUT2D eigenvalue weighted by molar-refractivity contribution is 5.96. The molecule has 0 unspecified atom stereocenters. The van der Waals surface area contributed by atoms with E-state index in [1.165, 1.54) is 0 Å². The minimum atomic E-state index is -0.795. The SMILES string of the molecule is CCCCn1c(O)c(C(=N)N)c(=O)n(C2CCC(C(C)(C)O)CC2)c1=O. The van der Waals surface area contributed by atoms with Gasteiger partial charge in [-0.1, -0.05) is 13.3 Å². The molecule has 1 aliphatic carbocycles. The first-order valence-electron chi connectivity index (χ1n) is 9.24. The standard InChI is InChI=1S/C18H30N4O4/c1-4-5-10-21-15(23)13(14(19)20)16(24)22(17(21)25)12-8-6-11(7-9-12)18(2,3)26/h11-12,23,26H,4-10H2,1-3H3,(H3,19,20). The smallest absolute Gasteiger partial charge is 0.334 e. The molecule has 0 aromatic carbocycles. The van der Waals surface area contributed by atoms with Crippen molar-refractivity contribution in [1.82, 2.24) is 9.13 Å². The van der Waals surface area contributed by atoms with Crippen LogP contribution in [0.15, 0.2) is 9.59 Å². The van der Waals surface area contributed by atoms with Crippen molar-refractivity contribution >= 4 is 5.84 Å². The number of nitrogens with zero attached hydrogens (tertiary/aromatic N) is 2. The summed E-state index contributed by atoms with van der Waals surface area (Å²) in [5.41, 5.74) is 3.13. The van der Waals surface area contributed by atoms with Crippen LogP contribution in [0.5, 0.6) is 5.88 Å². The lowest BCUT2D eigenvalue weighted by Crippen LogP contribution is -2.47. The van der Waals surface area contributed by atoms with E-state index in [-0.39, 0.29) is 24.1 Å². The molecular formula is C18H30N4O4. The summed E-state index contributed by atoms with van der Waals surface area (Å²) in [5.74, 6) is -0.958. The first-order valence-corrected chi connectivity index (χ1v) is 9.24. The average molecular weight is 366 g/mol. The Hall–Kier alpha value is -2.09. The van der Waals surface area contributed by atoms with Gasteiger partial charge >= 0.3 is 5.69 Å². The van der Waals surface area contributed by atoms with E-state index in [0.717, 1.165) is 15.6 Å². The fraction of sp³-hybridized carbons (Fsp3) is 0.722. The second-order valence-electron chi connectivity index (χ2n) is 7.73. The maximum atomic E-state index is 12.9. The Morgan fingerprint density at radius 3 is 2.31 bits per heavy atom. The molecule has 1 fully saturated rings. The highest BCUT2D eigenvalue weighted by atomic mass is 16.3. The van der Waals surface area contributed by atoms with E-state index in [1.54, 1.807) is 13.8 Å². The normalized spacial score (nSPS) is 20.9. The van der Waals surface area contributed by atoms with Crippen LogP contribution in [0.4, 0.5) is 0 Å². The van der Waals surface area contributed by atoms with Gasteiger partial charge in [-0.15, -0.1) is 0 Å². The zero-order valence-corrected chi connectivity index (χ0v) is 15.8. The molecule has 0 amide bonds. The molecule has 0 bridgehead atoms. The van der Waals surface area contributed by atoms with E-state index in [2.05, 4.69) is 0 Å². The number of unbranched alkanes of at least 4 members (excludes halogenated alkanes) is 1. The van der Waals surface area contributed by atoms with E-state index in [1.807, 2.05) is 6.92 Å². The number of rotatable bonds is 6. The van der Waals surface area contributed by atoms with Gasteiger partial charge in [-0.2, -0.15) is 0 Å². The molecule has 0 saturated heterocycles. The number of nitrogens with two attached hydrogens (primary N) is 1. The summed E-state index contributed by atoms with van der Waals surface area (Å²) in [5, 5.41) is 28.1. The van der Waals surface area contributed by atoms with Crippen molar-refractivity contribution in [1.29, 1.82) is 5.41 Å². The second-order valence-corrected chi connectivity index (χ2v) is 7.73. The van der Waals surface area contributed by atoms with Crippen LogP contribution in [0.1, 0.15) is 70.9 Å². The lowest BCUT2D eigenvalue weighted by Gasteiger charge is -2.36. The lowest BCUT2D eigenvalue weighted by molar-refractivity contribution is -0.00539. The molecule has 0 spiro atoms. The number of aliphatic hydroxyl groups is 1. The third-order valence-corrected chi connectivity index (χ3v) is 5.41. The summed E-state index contributed by atoms with van der Waals surface area (Å²) in [6.45, 7) is 5.77. The first kappa shape index (κ1) is 20.2. The number of nitrogen functional groups attached to an aromatic ring is 1. The molecule has 0 radical (unpaired) electrons. The van der Waals surface area contributed by atoms with Crippen molar-refractivity contribution in [2.24, 2.45) is 11.7 Å². The zero-order chi connectivity index (χ0) is 19.6. The van der Waals surface area contributed by atoms with Gasteiger partial charge in [-0.3, -0.25) is 19.3 Å². The molecule has 8 nitrogen and oxygen atoms in total. The van der Waals surface area contributed by atoms with Gasteiger partial charge in [0.2, 0.25) is 5.88 Å². The first-order chi connectivity index (χ1) is 12.1. The number of aromatic hydroxyl groups is 1. The van der Waals surface area contributed by atoms with Gasteiger partial charge in [0.15, 0.2) is 0 Å². The highest BCUT2D eigenvalue weighted by Crippen LogP contribution is 2.36. The number of nitrogens with one attached hydrogen (secondary N) is 1. The molecule has 1 saturated carbocycles. The number of aromatic nitrogens is 2. The van der Waals surface area contributed by atoms with Gasteiger partial charge in [0, 0.05) is 12.6 Å². The molecule has 146 valence electrons. The quantitative estimate of drug-likeness (QED) is 0.445. The Morgan fingerprint density at radius 2 is 1.85 bits per heavy atom. The Balaban J connectivity index is 2.49. The van der Waals surface area contributed by atoms with Crippen molar-refractivity contribution in [2.45, 2.75) is 77.5 Å². The van der Waals surface area contributed by atoms with Crippen LogP contribution in [0.3, 0.4) is 0 Å². The molecule has 1 aromatic heterocycles. The summed E-state index contributed by atoms with van der Waals surface area (Å²) in [4.78, 5) is 25.6. The summed E-state index contributed by atoms with van der Waals surface area (Å²) in [6.07, 6.45) is 4.04. The van der Waals surface area contributed by atoms with E-state index >= 15 is 0 Å². The summed E-state index contributed by atoms with van der Waals surface area (Å²) in [6, 6.07) is -0.319. The Kier molecular flexibility index (Phi) is 5.95. The molecular weight excluding hydrogens is 336 g/mol. The fourth-order valence-electron chi connectivity index (χ4n) is 3.77. The van der Waals surface area contributed by atoms with Crippen LogP contribution in [0.2, 0.25) is 0 Å². The van der Waals surface area contributed by atoms with Crippen LogP contribution in [-0.4, -0.2) is 30.8 Å². The minimum Gasteiger partial charge on any atom is -0.494 e. The third-order valence-electron chi connectivity index (χ3n) is 5.41. The number of amidine groups is 1. The third kappa shape index (κ3) is 3.85. The maximum absolute atomic E-state index is 12.9. The summed E-state index contributed by atoms with van der Waals surface area (Å²) in [7, 11) is 0. The molecule has 0 aliphatic heterocycles. The molecule has 0 atom stereocenters. The van der Waals surface area contributed by atoms with E-state index in [9.17, 15) is 19.8 Å². The van der Waals surface area contributed by atoms with E-state index in [0.29, 0.717) is 32.1 Å². The minimum absolute atomic E-state index is 0.112. The van der Waals surface area contributed by atoms with Crippen molar-refractivity contribution < 1.29 is 10.2 Å². The van der Waals surface area contributed by atoms with Gasteiger partial charge in [-0.25, -0.2) is 4.79 Å². The average Bonchev–Trinajstić information content (AvgIpc) is 2.54. The Bertz CT molecular complexity index is 780. The molecule has 2 rings (SSSR count). The van der Waals surface area contributed by atoms with Crippen molar-refractivity contribution in [2.75, 3.05) is 0 Å². The van der Waals surface area contributed by atoms with Crippen LogP contribution >= 0.6 is 0 Å². The molecule has 8 heteroatoms. The second kappa shape index (κ2) is 7.65. The number of hydrogen-bond donors (Lipinski definition) is 4. The Morgan fingerprint density at radius 1 is 1.27 bits per heavy atom. The van der Waals surface area contributed by atoms with Gasteiger partial charge in [0.1, 0.15) is 11.4 Å². The van der Waals surface area contributed by atoms with Crippen molar-refractivity contribution in [3.8, 4) is 5.88 Å². The predicted octanol–water partition coefficient (Wildman–Crippen LogP) is 1.30. The fourth-order valence-corrected chi connectivity index (χ4v) is 3.77. The van der Waals surface area contributed by atoms with Gasteiger partial charge < -0.3 is 15.9 Å². The molecule has 26 heavy (non-hydrogen) atoms. The van der Waals surface area contributed by atoms with Crippen LogP contribution in [0.25, 0.3) is 0 Å². The lowest BCUT2D eigenvalue weighted by atomic mass is 9.77. The van der Waals surface area contributed by atoms with Gasteiger partial charge in [-0.05, 0) is 51.9 Å². The van der Waals surface area contributed by atoms with E-state index in [4.69, 9.17) is 11.1 Å². The van der Waals surface area contributed by atoms with Crippen LogP contribution in [-0.2, 0) is 6.54 Å². The largest absolute Gasteiger partial charge is 0.494 e. The monoisotopic (exact) mass is 366 g/mol. The molecule has 1 heterocycles. The van der Waals surface area contributed by atoms with Crippen LogP contribution < -0.4 is 17.0 Å². The zero-order valence-electron chi connectivity index (χ0n) is 15.8. The Labute approximate surface area is 152 Å². The van der Waals surface area contributed by atoms with E-state index < -0.39 is 28.6 Å². The van der Waals surface area contributed by atoms with Crippen molar-refractivity contribution in [3.63, 3.8) is 0 Å². The summed E-state index contributed by atoms with van der Waals surface area (Å²) >= 11 is 0. The highest BCUT2D eigenvalue weighted by Gasteiger charge is 2.34. The summed E-state index contributed by atoms with van der Waals surface area (Å²) < 4.78 is 2.29. The van der Waals surface area contributed by atoms with Gasteiger partial charge in [0.05, 0.1) is 5.60 Å². The molecule has 1 aliphatic rings. The topological polar surface area (TPSA) is 134 Å². The van der Waals surface area contributed by atoms with Gasteiger partial charge in [0.25, 0.3) is 5.56 Å². The molecule has 5 N–H and O–H groups in total. The van der Waals surface area contributed by atoms with Crippen molar-refractivity contribution in [3.05, 3.63) is 26.4 Å². The van der Waals surface area contributed by atoms with Crippen LogP contribution in [0, 0.1) is 11.3 Å². The number of hydrogen-bond acceptors (Lipinski definition) is 5. The maximum Gasteiger partial charge on any atom is 0.334 e. The molecule has 1 aromatic rings.